The van der Waals surface area contributed by atoms with Gasteiger partial charge in [0.15, 0.2) is 11.5 Å². The minimum absolute atomic E-state index is 0.143. The molecule has 0 saturated heterocycles. The highest BCUT2D eigenvalue weighted by Gasteiger charge is 2.05. The second kappa shape index (κ2) is 8.25. The number of benzene rings is 2. The summed E-state index contributed by atoms with van der Waals surface area (Å²) in [5.74, 6) is 1.23. The third-order valence-electron chi connectivity index (χ3n) is 4.09. The van der Waals surface area contributed by atoms with E-state index in [1.165, 1.54) is 6.08 Å². The Hall–Kier alpha value is -3.21. The Morgan fingerprint density at radius 2 is 1.92 bits per heavy atom. The number of furan rings is 1. The predicted molar refractivity (Wildman–Crippen MR) is 102 cm³/mol. The molecule has 1 amide bonds. The van der Waals surface area contributed by atoms with E-state index in [2.05, 4.69) is 5.32 Å². The van der Waals surface area contributed by atoms with Crippen LogP contribution >= 0.6 is 0 Å². The maximum Gasteiger partial charge on any atom is 0.244 e. The first kappa shape index (κ1) is 17.6. The van der Waals surface area contributed by atoms with E-state index in [1.807, 2.05) is 42.5 Å². The lowest BCUT2D eigenvalue weighted by atomic mass is 10.1. The highest BCUT2D eigenvalue weighted by atomic mass is 16.5. The third-order valence-corrected chi connectivity index (χ3v) is 4.09. The SMILES string of the molecule is COc1ccc(CCNC(=O)C=Cc2coc3ccccc23)cc1OC. The lowest BCUT2D eigenvalue weighted by Crippen LogP contribution is -2.23. The van der Waals surface area contributed by atoms with Crippen molar-refractivity contribution in [2.24, 2.45) is 0 Å². The normalized spacial score (nSPS) is 11.0. The van der Waals surface area contributed by atoms with Crippen molar-refractivity contribution in [1.82, 2.24) is 5.32 Å². The number of fused-ring (bicyclic) bond motifs is 1. The topological polar surface area (TPSA) is 60.7 Å². The Bertz CT molecular complexity index is 927. The van der Waals surface area contributed by atoms with E-state index >= 15 is 0 Å². The van der Waals surface area contributed by atoms with Crippen LogP contribution in [0.2, 0.25) is 0 Å². The molecule has 1 heterocycles. The molecular formula is C21H21NO4. The quantitative estimate of drug-likeness (QED) is 0.657. The first-order valence-electron chi connectivity index (χ1n) is 8.34. The van der Waals surface area contributed by atoms with Gasteiger partial charge in [0, 0.05) is 23.6 Å². The summed E-state index contributed by atoms with van der Waals surface area (Å²) in [4.78, 5) is 12.0. The first-order chi connectivity index (χ1) is 12.7. The van der Waals surface area contributed by atoms with Gasteiger partial charge >= 0.3 is 0 Å². The number of amides is 1. The third kappa shape index (κ3) is 4.06. The fourth-order valence-corrected chi connectivity index (χ4v) is 2.72. The molecular weight excluding hydrogens is 330 g/mol. The number of hydrogen-bond donors (Lipinski definition) is 1. The van der Waals surface area contributed by atoms with Crippen LogP contribution in [0.15, 0.2) is 59.2 Å². The van der Waals surface area contributed by atoms with Crippen molar-refractivity contribution in [1.29, 1.82) is 0 Å². The van der Waals surface area contributed by atoms with Gasteiger partial charge in [-0.3, -0.25) is 4.79 Å². The zero-order valence-electron chi connectivity index (χ0n) is 14.8. The number of para-hydroxylation sites is 1. The molecule has 5 nitrogen and oxygen atoms in total. The molecule has 3 rings (SSSR count). The van der Waals surface area contributed by atoms with Crippen molar-refractivity contribution in [2.75, 3.05) is 20.8 Å². The molecule has 0 aliphatic heterocycles. The molecule has 0 radical (unpaired) electrons. The molecule has 1 N–H and O–H groups in total. The van der Waals surface area contributed by atoms with Crippen LogP contribution in [0.3, 0.4) is 0 Å². The van der Waals surface area contributed by atoms with Crippen LogP contribution in [-0.4, -0.2) is 26.7 Å². The van der Waals surface area contributed by atoms with Crippen molar-refractivity contribution in [3.05, 3.63) is 65.9 Å². The van der Waals surface area contributed by atoms with Crippen LogP contribution < -0.4 is 14.8 Å². The van der Waals surface area contributed by atoms with Crippen molar-refractivity contribution in [2.45, 2.75) is 6.42 Å². The zero-order valence-corrected chi connectivity index (χ0v) is 14.8. The summed E-state index contributed by atoms with van der Waals surface area (Å²) in [6.07, 6.45) is 5.64. The van der Waals surface area contributed by atoms with Gasteiger partial charge in [-0.15, -0.1) is 0 Å². The molecule has 0 saturated carbocycles. The van der Waals surface area contributed by atoms with Gasteiger partial charge in [-0.25, -0.2) is 0 Å². The highest BCUT2D eigenvalue weighted by Crippen LogP contribution is 2.27. The number of rotatable bonds is 7. The van der Waals surface area contributed by atoms with Gasteiger partial charge in [0.1, 0.15) is 5.58 Å². The van der Waals surface area contributed by atoms with Gasteiger partial charge in [0.05, 0.1) is 20.5 Å². The Morgan fingerprint density at radius 1 is 1.12 bits per heavy atom. The molecule has 0 aliphatic carbocycles. The van der Waals surface area contributed by atoms with Gasteiger partial charge < -0.3 is 19.2 Å². The van der Waals surface area contributed by atoms with Crippen LogP contribution in [-0.2, 0) is 11.2 Å². The van der Waals surface area contributed by atoms with E-state index in [4.69, 9.17) is 13.9 Å². The summed E-state index contributed by atoms with van der Waals surface area (Å²) >= 11 is 0. The highest BCUT2D eigenvalue weighted by molar-refractivity contribution is 5.95. The lowest BCUT2D eigenvalue weighted by molar-refractivity contribution is -0.116. The molecule has 0 fully saturated rings. The monoisotopic (exact) mass is 351 g/mol. The molecule has 0 spiro atoms. The van der Waals surface area contributed by atoms with Crippen LogP contribution in [0, 0.1) is 0 Å². The largest absolute Gasteiger partial charge is 0.493 e. The maximum absolute atomic E-state index is 12.0. The number of hydrogen-bond acceptors (Lipinski definition) is 4. The van der Waals surface area contributed by atoms with Gasteiger partial charge in [0.25, 0.3) is 0 Å². The van der Waals surface area contributed by atoms with Gasteiger partial charge in [-0.1, -0.05) is 24.3 Å². The summed E-state index contributed by atoms with van der Waals surface area (Å²) in [5, 5.41) is 3.87. The Morgan fingerprint density at radius 3 is 2.73 bits per heavy atom. The molecule has 2 aromatic carbocycles. The van der Waals surface area contributed by atoms with Crippen LogP contribution in [0.25, 0.3) is 17.0 Å². The number of ether oxygens (including phenoxy) is 2. The summed E-state index contributed by atoms with van der Waals surface area (Å²) in [7, 11) is 3.21. The van der Waals surface area contributed by atoms with E-state index in [-0.39, 0.29) is 5.91 Å². The molecule has 134 valence electrons. The molecule has 0 aliphatic rings. The Balaban J connectivity index is 1.54. The van der Waals surface area contributed by atoms with Gasteiger partial charge in [-0.05, 0) is 36.3 Å². The summed E-state index contributed by atoms with van der Waals surface area (Å²) in [6.45, 7) is 0.533. The second-order valence-corrected chi connectivity index (χ2v) is 5.75. The minimum Gasteiger partial charge on any atom is -0.493 e. The van der Waals surface area contributed by atoms with E-state index in [0.29, 0.717) is 24.5 Å². The molecule has 0 atom stereocenters. The van der Waals surface area contributed by atoms with E-state index in [1.54, 1.807) is 26.6 Å². The smallest absolute Gasteiger partial charge is 0.244 e. The fourth-order valence-electron chi connectivity index (χ4n) is 2.72. The van der Waals surface area contributed by atoms with Crippen molar-refractivity contribution >= 4 is 23.0 Å². The Labute approximate surface area is 152 Å². The fraction of sp³-hybridized carbons (Fsp3) is 0.190. The number of carbonyl (C=O) groups excluding carboxylic acids is 1. The van der Waals surface area contributed by atoms with E-state index in [9.17, 15) is 4.79 Å². The lowest BCUT2D eigenvalue weighted by Gasteiger charge is -2.09. The number of carbonyl (C=O) groups is 1. The summed E-state index contributed by atoms with van der Waals surface area (Å²) < 4.78 is 16.0. The van der Waals surface area contributed by atoms with Crippen molar-refractivity contribution in [3.8, 4) is 11.5 Å². The second-order valence-electron chi connectivity index (χ2n) is 5.75. The summed E-state index contributed by atoms with van der Waals surface area (Å²) in [6, 6.07) is 13.5. The first-order valence-corrected chi connectivity index (χ1v) is 8.34. The van der Waals surface area contributed by atoms with Crippen molar-refractivity contribution in [3.63, 3.8) is 0 Å². The predicted octanol–water partition coefficient (Wildman–Crippen LogP) is 3.82. The van der Waals surface area contributed by atoms with Crippen LogP contribution in [0.5, 0.6) is 11.5 Å². The Kier molecular flexibility index (Phi) is 5.59. The van der Waals surface area contributed by atoms with Crippen LogP contribution in [0.1, 0.15) is 11.1 Å². The van der Waals surface area contributed by atoms with Gasteiger partial charge in [-0.2, -0.15) is 0 Å². The zero-order chi connectivity index (χ0) is 18.4. The molecule has 0 bridgehead atoms. The molecule has 1 aromatic heterocycles. The minimum atomic E-state index is -0.143. The number of nitrogens with one attached hydrogen (secondary N) is 1. The van der Waals surface area contributed by atoms with Crippen molar-refractivity contribution < 1.29 is 18.7 Å². The standard InChI is InChI=1S/C21H21NO4/c1-24-19-9-7-15(13-20(19)25-2)11-12-22-21(23)10-8-16-14-26-18-6-4-3-5-17(16)18/h3-10,13-14H,11-12H2,1-2H3,(H,22,23). The maximum atomic E-state index is 12.0. The molecule has 26 heavy (non-hydrogen) atoms. The molecule has 3 aromatic rings. The van der Waals surface area contributed by atoms with Crippen LogP contribution in [0.4, 0.5) is 0 Å². The molecule has 0 unspecified atom stereocenters. The number of methoxy groups -OCH3 is 2. The van der Waals surface area contributed by atoms with E-state index < -0.39 is 0 Å². The summed E-state index contributed by atoms with van der Waals surface area (Å²) in [5.41, 5.74) is 2.75. The van der Waals surface area contributed by atoms with Gasteiger partial charge in [0.2, 0.25) is 5.91 Å². The molecule has 5 heteroatoms. The average molecular weight is 351 g/mol. The van der Waals surface area contributed by atoms with E-state index in [0.717, 1.165) is 22.1 Å². The average Bonchev–Trinajstić information content (AvgIpc) is 3.09.